The Bertz CT molecular complexity index is 402. The summed E-state index contributed by atoms with van der Waals surface area (Å²) in [5.41, 5.74) is 0.706. The first-order chi connectivity index (χ1) is 7.65. The molecule has 0 amide bonds. The summed E-state index contributed by atoms with van der Waals surface area (Å²) in [4.78, 5) is 0. The van der Waals surface area contributed by atoms with E-state index in [4.69, 9.17) is 16.3 Å². The van der Waals surface area contributed by atoms with Crippen LogP contribution in [0.4, 0.5) is 0 Å². The number of ether oxygens (including phenoxy) is 1. The highest BCUT2D eigenvalue weighted by Gasteiger charge is 2.09. The zero-order chi connectivity index (χ0) is 12.0. The van der Waals surface area contributed by atoms with Crippen molar-refractivity contribution >= 4 is 11.6 Å². The Morgan fingerprint density at radius 1 is 1.50 bits per heavy atom. The number of aliphatic hydroxyl groups is 1. The van der Waals surface area contributed by atoms with Gasteiger partial charge in [0.1, 0.15) is 5.75 Å². The summed E-state index contributed by atoms with van der Waals surface area (Å²) >= 11 is 5.86. The van der Waals surface area contributed by atoms with Crippen LogP contribution in [0.3, 0.4) is 0 Å². The lowest BCUT2D eigenvalue weighted by Gasteiger charge is -2.12. The van der Waals surface area contributed by atoms with Gasteiger partial charge in [-0.25, -0.2) is 0 Å². The summed E-state index contributed by atoms with van der Waals surface area (Å²) in [6.07, 6.45) is 0.0872. The highest BCUT2D eigenvalue weighted by Crippen LogP contribution is 2.28. The average molecular weight is 239 g/mol. The smallest absolute Gasteiger partial charge is 0.125 e. The molecule has 3 heteroatoms. The summed E-state index contributed by atoms with van der Waals surface area (Å²) < 4.78 is 5.53. The van der Waals surface area contributed by atoms with Gasteiger partial charge in [-0.15, -0.1) is 11.8 Å². The molecule has 0 aliphatic rings. The molecule has 0 saturated carbocycles. The predicted octanol–water partition coefficient (Wildman–Crippen LogP) is 3.19. The fourth-order valence-corrected chi connectivity index (χ4v) is 1.49. The Morgan fingerprint density at radius 3 is 2.88 bits per heavy atom. The maximum absolute atomic E-state index is 9.57. The third-order valence-electron chi connectivity index (χ3n) is 2.08. The topological polar surface area (TPSA) is 29.5 Å². The van der Waals surface area contributed by atoms with Crippen molar-refractivity contribution in [3.63, 3.8) is 0 Å². The molecule has 16 heavy (non-hydrogen) atoms. The van der Waals surface area contributed by atoms with E-state index in [0.717, 1.165) is 0 Å². The standard InChI is InChI=1S/C13H15ClO2/c1-3-4-5-8-16-13-7-6-11(14)9-12(13)10(2)15/h6-7,9-10,15H,5,8H2,1-2H3. The van der Waals surface area contributed by atoms with Crippen molar-refractivity contribution in [3.8, 4) is 17.6 Å². The molecule has 2 nitrogen and oxygen atoms in total. The number of aliphatic hydroxyl groups excluding tert-OH is 1. The molecule has 1 atom stereocenters. The normalized spacial score (nSPS) is 11.5. The summed E-state index contributed by atoms with van der Waals surface area (Å²) in [6, 6.07) is 5.23. The molecule has 0 bridgehead atoms. The van der Waals surface area contributed by atoms with Gasteiger partial charge < -0.3 is 9.84 Å². The minimum Gasteiger partial charge on any atom is -0.492 e. The summed E-state index contributed by atoms with van der Waals surface area (Å²) in [5, 5.41) is 10.2. The van der Waals surface area contributed by atoms with E-state index >= 15 is 0 Å². The van der Waals surface area contributed by atoms with Crippen molar-refractivity contribution in [2.24, 2.45) is 0 Å². The number of benzene rings is 1. The third kappa shape index (κ3) is 3.77. The molecule has 0 aliphatic carbocycles. The average Bonchev–Trinajstić information content (AvgIpc) is 2.26. The van der Waals surface area contributed by atoms with Gasteiger partial charge in [-0.1, -0.05) is 11.6 Å². The van der Waals surface area contributed by atoms with Gasteiger partial charge in [0, 0.05) is 17.0 Å². The van der Waals surface area contributed by atoms with Gasteiger partial charge in [0.25, 0.3) is 0 Å². The monoisotopic (exact) mass is 238 g/mol. The van der Waals surface area contributed by atoms with Crippen LogP contribution in [0.2, 0.25) is 5.02 Å². The molecule has 1 aromatic rings. The fraction of sp³-hybridized carbons (Fsp3) is 0.385. The van der Waals surface area contributed by atoms with E-state index < -0.39 is 6.10 Å². The second-order valence-corrected chi connectivity index (χ2v) is 3.82. The van der Waals surface area contributed by atoms with Crippen molar-refractivity contribution in [3.05, 3.63) is 28.8 Å². The highest BCUT2D eigenvalue weighted by molar-refractivity contribution is 6.30. The first kappa shape index (κ1) is 12.9. The SMILES string of the molecule is CC#CCCOc1ccc(Cl)cc1C(C)O. The van der Waals surface area contributed by atoms with Gasteiger partial charge in [-0.05, 0) is 32.0 Å². The minimum atomic E-state index is -0.592. The molecule has 1 rings (SSSR count). The molecular weight excluding hydrogens is 224 g/mol. The Kier molecular flexibility index (Phi) is 5.18. The predicted molar refractivity (Wildman–Crippen MR) is 65.6 cm³/mol. The van der Waals surface area contributed by atoms with Crippen LogP contribution in [0.25, 0.3) is 0 Å². The molecule has 1 aromatic carbocycles. The number of hydrogen-bond donors (Lipinski definition) is 1. The van der Waals surface area contributed by atoms with Crippen LogP contribution < -0.4 is 4.74 Å². The lowest BCUT2D eigenvalue weighted by atomic mass is 10.1. The molecule has 1 unspecified atom stereocenters. The summed E-state index contributed by atoms with van der Waals surface area (Å²) in [5.74, 6) is 6.38. The van der Waals surface area contributed by atoms with Crippen molar-refractivity contribution in [2.45, 2.75) is 26.4 Å². The number of hydrogen-bond acceptors (Lipinski definition) is 2. The maximum atomic E-state index is 9.57. The molecular formula is C13H15ClO2. The van der Waals surface area contributed by atoms with Crippen LogP contribution in [-0.4, -0.2) is 11.7 Å². The van der Waals surface area contributed by atoms with Crippen LogP contribution in [0.5, 0.6) is 5.75 Å². The largest absolute Gasteiger partial charge is 0.492 e. The lowest BCUT2D eigenvalue weighted by Crippen LogP contribution is -2.01. The molecule has 0 heterocycles. The Morgan fingerprint density at radius 2 is 2.25 bits per heavy atom. The molecule has 0 fully saturated rings. The van der Waals surface area contributed by atoms with Gasteiger partial charge >= 0.3 is 0 Å². The Balaban J connectivity index is 2.73. The van der Waals surface area contributed by atoms with E-state index in [9.17, 15) is 5.11 Å². The van der Waals surface area contributed by atoms with Crippen molar-refractivity contribution in [2.75, 3.05) is 6.61 Å². The van der Waals surface area contributed by atoms with Crippen molar-refractivity contribution in [1.29, 1.82) is 0 Å². The zero-order valence-corrected chi connectivity index (χ0v) is 10.2. The second kappa shape index (κ2) is 6.42. The van der Waals surface area contributed by atoms with Crippen LogP contribution in [0, 0.1) is 11.8 Å². The zero-order valence-electron chi connectivity index (χ0n) is 9.46. The van der Waals surface area contributed by atoms with Crippen LogP contribution in [-0.2, 0) is 0 Å². The molecule has 0 saturated heterocycles. The summed E-state index contributed by atoms with van der Waals surface area (Å²) in [6.45, 7) is 4.00. The molecule has 1 N–H and O–H groups in total. The molecule has 0 aliphatic heterocycles. The summed E-state index contributed by atoms with van der Waals surface area (Å²) in [7, 11) is 0. The number of rotatable bonds is 4. The van der Waals surface area contributed by atoms with E-state index in [1.165, 1.54) is 0 Å². The van der Waals surface area contributed by atoms with Gasteiger partial charge in [0.2, 0.25) is 0 Å². The minimum absolute atomic E-state index is 0.516. The van der Waals surface area contributed by atoms with E-state index in [2.05, 4.69) is 11.8 Å². The second-order valence-electron chi connectivity index (χ2n) is 3.38. The van der Waals surface area contributed by atoms with Gasteiger partial charge in [-0.2, -0.15) is 0 Å². The van der Waals surface area contributed by atoms with E-state index in [-0.39, 0.29) is 0 Å². The quantitative estimate of drug-likeness (QED) is 0.645. The Labute approximate surface area is 101 Å². The van der Waals surface area contributed by atoms with Crippen LogP contribution >= 0.6 is 11.6 Å². The number of halogens is 1. The van der Waals surface area contributed by atoms with Gasteiger partial charge in [0.15, 0.2) is 0 Å². The molecule has 0 aromatic heterocycles. The van der Waals surface area contributed by atoms with Crippen LogP contribution in [0.15, 0.2) is 18.2 Å². The molecule has 0 radical (unpaired) electrons. The lowest BCUT2D eigenvalue weighted by molar-refractivity contribution is 0.191. The maximum Gasteiger partial charge on any atom is 0.125 e. The first-order valence-corrected chi connectivity index (χ1v) is 5.53. The third-order valence-corrected chi connectivity index (χ3v) is 2.32. The van der Waals surface area contributed by atoms with Crippen molar-refractivity contribution < 1.29 is 9.84 Å². The van der Waals surface area contributed by atoms with E-state index in [1.54, 1.807) is 32.0 Å². The van der Waals surface area contributed by atoms with Crippen LogP contribution in [0.1, 0.15) is 31.9 Å². The van der Waals surface area contributed by atoms with Gasteiger partial charge in [0.05, 0.1) is 12.7 Å². The van der Waals surface area contributed by atoms with Gasteiger partial charge in [-0.3, -0.25) is 0 Å². The fourth-order valence-electron chi connectivity index (χ4n) is 1.31. The van der Waals surface area contributed by atoms with E-state index in [1.807, 2.05) is 0 Å². The first-order valence-electron chi connectivity index (χ1n) is 5.15. The molecule has 0 spiro atoms. The molecule has 86 valence electrons. The van der Waals surface area contributed by atoms with E-state index in [0.29, 0.717) is 29.4 Å². The highest BCUT2D eigenvalue weighted by atomic mass is 35.5. The van der Waals surface area contributed by atoms with Crippen molar-refractivity contribution in [1.82, 2.24) is 0 Å². The Hall–Kier alpha value is -1.17.